The van der Waals surface area contributed by atoms with Crippen molar-refractivity contribution in [2.75, 3.05) is 32.6 Å². The summed E-state index contributed by atoms with van der Waals surface area (Å²) < 4.78 is 12.0. The number of rotatable bonds is 3. The molecule has 21 heavy (non-hydrogen) atoms. The van der Waals surface area contributed by atoms with Gasteiger partial charge in [-0.15, -0.1) is 0 Å². The largest absolute Gasteiger partial charge is 0.467 e. The van der Waals surface area contributed by atoms with Crippen molar-refractivity contribution >= 4 is 17.6 Å². The van der Waals surface area contributed by atoms with Crippen molar-refractivity contribution in [3.05, 3.63) is 18.0 Å². The summed E-state index contributed by atoms with van der Waals surface area (Å²) >= 11 is 0. The molecule has 0 bridgehead atoms. The summed E-state index contributed by atoms with van der Waals surface area (Å²) in [6.45, 7) is 0.950. The second kappa shape index (κ2) is 5.40. The van der Waals surface area contributed by atoms with E-state index in [9.17, 15) is 9.59 Å². The van der Waals surface area contributed by atoms with Crippen LogP contribution < -0.4 is 5.73 Å². The van der Waals surface area contributed by atoms with Crippen LogP contribution in [0.2, 0.25) is 0 Å². The van der Waals surface area contributed by atoms with Gasteiger partial charge in [0.1, 0.15) is 5.69 Å². The Labute approximate surface area is 122 Å². The fourth-order valence-electron chi connectivity index (χ4n) is 2.65. The lowest BCUT2D eigenvalue weighted by Crippen LogP contribution is -2.53. The smallest absolute Gasteiger partial charge is 0.331 e. The highest BCUT2D eigenvalue weighted by Crippen LogP contribution is 2.37. The van der Waals surface area contributed by atoms with Gasteiger partial charge in [0, 0.05) is 18.8 Å². The van der Waals surface area contributed by atoms with Crippen LogP contribution in [0.3, 0.4) is 0 Å². The second-order valence-corrected chi connectivity index (χ2v) is 5.41. The Balaban J connectivity index is 1.87. The van der Waals surface area contributed by atoms with Gasteiger partial charge in [0.25, 0.3) is 5.91 Å². The summed E-state index contributed by atoms with van der Waals surface area (Å²) in [4.78, 5) is 26.1. The Morgan fingerprint density at radius 2 is 2.19 bits per heavy atom. The van der Waals surface area contributed by atoms with Crippen LogP contribution in [0.5, 0.6) is 0 Å². The van der Waals surface area contributed by atoms with E-state index in [0.717, 1.165) is 12.8 Å². The number of hydrogen-bond donors (Lipinski definition) is 1. The molecule has 0 radical (unpaired) electrons. The van der Waals surface area contributed by atoms with Crippen molar-refractivity contribution < 1.29 is 19.1 Å². The number of morpholine rings is 1. The van der Waals surface area contributed by atoms with Crippen LogP contribution in [-0.4, -0.2) is 54.3 Å². The standard InChI is InChI=1S/C14H19N3O4/c1-20-14(19)12-8-21-5-4-16(12)13(18)11-6-9(15)7-17(11)10-2-3-10/h6-7,10,12H,2-5,8,15H2,1H3. The zero-order valence-electron chi connectivity index (χ0n) is 11.9. The molecule has 1 saturated carbocycles. The summed E-state index contributed by atoms with van der Waals surface area (Å²) in [6.07, 6.45) is 3.90. The van der Waals surface area contributed by atoms with E-state index in [1.807, 2.05) is 4.57 Å². The van der Waals surface area contributed by atoms with Gasteiger partial charge in [-0.3, -0.25) is 4.79 Å². The molecular formula is C14H19N3O4. The van der Waals surface area contributed by atoms with E-state index in [2.05, 4.69) is 0 Å². The van der Waals surface area contributed by atoms with E-state index in [4.69, 9.17) is 15.2 Å². The van der Waals surface area contributed by atoms with Crippen molar-refractivity contribution in [3.8, 4) is 0 Å². The first kappa shape index (κ1) is 13.9. The maximum Gasteiger partial charge on any atom is 0.331 e. The lowest BCUT2D eigenvalue weighted by Gasteiger charge is -2.33. The Kier molecular flexibility index (Phi) is 3.59. The number of methoxy groups -OCH3 is 1. The third-order valence-corrected chi connectivity index (χ3v) is 3.89. The molecule has 2 heterocycles. The molecule has 1 saturated heterocycles. The number of hydrogen-bond acceptors (Lipinski definition) is 5. The topological polar surface area (TPSA) is 86.8 Å². The van der Waals surface area contributed by atoms with Crippen molar-refractivity contribution in [1.82, 2.24) is 9.47 Å². The molecule has 2 aliphatic rings. The van der Waals surface area contributed by atoms with Crippen LogP contribution in [-0.2, 0) is 14.3 Å². The monoisotopic (exact) mass is 293 g/mol. The minimum atomic E-state index is -0.694. The molecule has 2 fully saturated rings. The zero-order chi connectivity index (χ0) is 15.0. The zero-order valence-corrected chi connectivity index (χ0v) is 11.9. The van der Waals surface area contributed by atoms with Crippen molar-refractivity contribution in [3.63, 3.8) is 0 Å². The van der Waals surface area contributed by atoms with E-state index >= 15 is 0 Å². The van der Waals surface area contributed by atoms with Gasteiger partial charge in [-0.2, -0.15) is 0 Å². The van der Waals surface area contributed by atoms with Gasteiger partial charge in [0.05, 0.1) is 26.0 Å². The molecule has 1 unspecified atom stereocenters. The first-order chi connectivity index (χ1) is 10.1. The molecule has 3 rings (SSSR count). The molecule has 0 aromatic carbocycles. The fourth-order valence-corrected chi connectivity index (χ4v) is 2.65. The molecule has 1 aromatic heterocycles. The lowest BCUT2D eigenvalue weighted by molar-refractivity contribution is -0.151. The highest BCUT2D eigenvalue weighted by atomic mass is 16.5. The molecular weight excluding hydrogens is 274 g/mol. The third kappa shape index (κ3) is 2.61. The first-order valence-electron chi connectivity index (χ1n) is 7.05. The number of aromatic nitrogens is 1. The van der Waals surface area contributed by atoms with E-state index in [-0.39, 0.29) is 12.5 Å². The van der Waals surface area contributed by atoms with Crippen LogP contribution in [0.25, 0.3) is 0 Å². The van der Waals surface area contributed by atoms with Gasteiger partial charge >= 0.3 is 5.97 Å². The normalized spacial score (nSPS) is 22.1. The quantitative estimate of drug-likeness (QED) is 0.816. The number of amides is 1. The number of nitrogen functional groups attached to an aromatic ring is 1. The van der Waals surface area contributed by atoms with Gasteiger partial charge in [0.15, 0.2) is 6.04 Å². The summed E-state index contributed by atoms with van der Waals surface area (Å²) in [6, 6.07) is 1.32. The number of ether oxygens (including phenoxy) is 2. The molecule has 114 valence electrons. The van der Waals surface area contributed by atoms with Crippen LogP contribution in [0.4, 0.5) is 5.69 Å². The molecule has 1 aliphatic carbocycles. The minimum Gasteiger partial charge on any atom is -0.467 e. The van der Waals surface area contributed by atoms with Crippen LogP contribution in [0.1, 0.15) is 29.4 Å². The highest BCUT2D eigenvalue weighted by Gasteiger charge is 2.36. The van der Waals surface area contributed by atoms with Gasteiger partial charge in [0.2, 0.25) is 0 Å². The van der Waals surface area contributed by atoms with Crippen LogP contribution in [0, 0.1) is 0 Å². The number of anilines is 1. The Bertz CT molecular complexity index is 565. The van der Waals surface area contributed by atoms with Gasteiger partial charge in [-0.1, -0.05) is 0 Å². The summed E-state index contributed by atoms with van der Waals surface area (Å²) in [5.74, 6) is -0.655. The lowest BCUT2D eigenvalue weighted by atomic mass is 10.2. The highest BCUT2D eigenvalue weighted by molar-refractivity contribution is 5.96. The van der Waals surface area contributed by atoms with Crippen molar-refractivity contribution in [2.24, 2.45) is 0 Å². The molecule has 2 N–H and O–H groups in total. The van der Waals surface area contributed by atoms with Gasteiger partial charge < -0.3 is 24.7 Å². The molecule has 7 nitrogen and oxygen atoms in total. The van der Waals surface area contributed by atoms with Crippen LogP contribution in [0.15, 0.2) is 12.3 Å². The van der Waals surface area contributed by atoms with E-state index in [1.54, 1.807) is 12.3 Å². The SMILES string of the molecule is COC(=O)C1COCCN1C(=O)c1cc(N)cn1C1CC1. The van der Waals surface area contributed by atoms with E-state index in [0.29, 0.717) is 30.6 Å². The Hall–Kier alpha value is -2.02. The van der Waals surface area contributed by atoms with Gasteiger partial charge in [-0.25, -0.2) is 4.79 Å². The summed E-state index contributed by atoms with van der Waals surface area (Å²) in [5, 5.41) is 0. The molecule has 1 amide bonds. The average molecular weight is 293 g/mol. The average Bonchev–Trinajstić information content (AvgIpc) is 3.28. The van der Waals surface area contributed by atoms with Crippen molar-refractivity contribution in [1.29, 1.82) is 0 Å². The predicted molar refractivity (Wildman–Crippen MR) is 74.8 cm³/mol. The van der Waals surface area contributed by atoms with Crippen molar-refractivity contribution in [2.45, 2.75) is 24.9 Å². The maximum atomic E-state index is 12.8. The molecule has 0 spiro atoms. The van der Waals surface area contributed by atoms with E-state index < -0.39 is 12.0 Å². The predicted octanol–water partition coefficient (Wildman–Crippen LogP) is 0.419. The van der Waals surface area contributed by atoms with E-state index in [1.165, 1.54) is 12.0 Å². The number of carbonyl (C=O) groups is 2. The number of nitrogens with two attached hydrogens (primary N) is 1. The molecule has 1 aromatic rings. The minimum absolute atomic E-state index is 0.165. The second-order valence-electron chi connectivity index (χ2n) is 5.41. The third-order valence-electron chi connectivity index (χ3n) is 3.89. The summed E-state index contributed by atoms with van der Waals surface area (Å²) in [7, 11) is 1.31. The van der Waals surface area contributed by atoms with Crippen LogP contribution >= 0.6 is 0 Å². The maximum absolute atomic E-state index is 12.8. The molecule has 1 atom stereocenters. The Morgan fingerprint density at radius 1 is 1.43 bits per heavy atom. The first-order valence-corrected chi connectivity index (χ1v) is 7.05. The molecule has 7 heteroatoms. The Morgan fingerprint density at radius 3 is 2.86 bits per heavy atom. The summed E-state index contributed by atoms with van der Waals surface area (Å²) in [5.41, 5.74) is 6.92. The number of carbonyl (C=O) groups excluding carboxylic acids is 2. The number of esters is 1. The number of nitrogens with zero attached hydrogens (tertiary/aromatic N) is 2. The molecule has 1 aliphatic heterocycles. The van der Waals surface area contributed by atoms with Gasteiger partial charge in [-0.05, 0) is 18.9 Å². The fraction of sp³-hybridized carbons (Fsp3) is 0.571.